The van der Waals surface area contributed by atoms with Gasteiger partial charge in [0.05, 0.1) is 12.9 Å². The van der Waals surface area contributed by atoms with Gasteiger partial charge in [0.2, 0.25) is 0 Å². The van der Waals surface area contributed by atoms with Gasteiger partial charge in [-0.25, -0.2) is 4.98 Å². The summed E-state index contributed by atoms with van der Waals surface area (Å²) in [5.41, 5.74) is 5.93. The highest BCUT2D eigenvalue weighted by molar-refractivity contribution is 6.75. The molecule has 2 N–H and O–H groups in total. The quantitative estimate of drug-likeness (QED) is 0.248. The largest absolute Gasteiger partial charge is 0.414 e. The molecule has 2 rings (SSSR count). The molecule has 0 unspecified atom stereocenters. The van der Waals surface area contributed by atoms with E-state index in [0.717, 1.165) is 0 Å². The molecule has 1 saturated heterocycles. The van der Waals surface area contributed by atoms with Crippen LogP contribution in [0.1, 0.15) is 84.7 Å². The molecule has 40 heavy (non-hydrogen) atoms. The van der Waals surface area contributed by atoms with Crippen molar-refractivity contribution in [2.45, 2.75) is 141 Å². The third kappa shape index (κ3) is 7.20. The normalized spacial score (nSPS) is 23.4. The molecule has 1 amide bonds. The van der Waals surface area contributed by atoms with Gasteiger partial charge >= 0.3 is 0 Å². The molecule has 2 heterocycles. The molecule has 228 valence electrons. The van der Waals surface area contributed by atoms with Gasteiger partial charge in [0, 0.05) is 0 Å². The van der Waals surface area contributed by atoms with Crippen molar-refractivity contribution in [1.82, 2.24) is 9.55 Å². The van der Waals surface area contributed by atoms with E-state index in [1.165, 1.54) is 6.33 Å². The van der Waals surface area contributed by atoms with Crippen molar-refractivity contribution < 1.29 is 22.8 Å². The molecule has 8 nitrogen and oxygen atoms in total. The average Bonchev–Trinajstić information content (AvgIpc) is 3.31. The summed E-state index contributed by atoms with van der Waals surface area (Å²) in [7, 11) is -6.70. The fraction of sp³-hybridized carbons (Fsp3) is 0.793. The van der Waals surface area contributed by atoms with Gasteiger partial charge in [-0.15, -0.1) is 6.42 Å². The Hall–Kier alpha value is -1.27. The molecule has 1 aliphatic heterocycles. The number of imidazole rings is 1. The molecule has 11 heteroatoms. The van der Waals surface area contributed by atoms with E-state index in [1.807, 2.05) is 0 Å². The molecule has 0 aromatic carbocycles. The number of rotatable bonds is 9. The Morgan fingerprint density at radius 2 is 1.38 bits per heavy atom. The Morgan fingerprint density at radius 3 is 1.77 bits per heavy atom. The second-order valence-corrected chi connectivity index (χ2v) is 30.0. The number of amides is 1. The van der Waals surface area contributed by atoms with Crippen LogP contribution in [0.15, 0.2) is 6.33 Å². The van der Waals surface area contributed by atoms with E-state index in [1.54, 1.807) is 4.57 Å². The maximum atomic E-state index is 12.1. The zero-order valence-electron chi connectivity index (χ0n) is 27.7. The molecular formula is C29H55N3O5Si3. The van der Waals surface area contributed by atoms with Crippen molar-refractivity contribution in [2.24, 2.45) is 5.73 Å². The first kappa shape index (κ1) is 34.9. The second-order valence-electron chi connectivity index (χ2n) is 15.7. The van der Waals surface area contributed by atoms with Crippen molar-refractivity contribution in [3.63, 3.8) is 0 Å². The van der Waals surface area contributed by atoms with E-state index in [2.05, 4.69) is 113 Å². The maximum Gasteiger partial charge on any atom is 0.270 e. The minimum absolute atomic E-state index is 0.0322. The van der Waals surface area contributed by atoms with Gasteiger partial charge in [0.15, 0.2) is 36.9 Å². The van der Waals surface area contributed by atoms with Crippen LogP contribution in [0.3, 0.4) is 0 Å². The van der Waals surface area contributed by atoms with E-state index < -0.39 is 55.4 Å². The fourth-order valence-electron chi connectivity index (χ4n) is 3.75. The van der Waals surface area contributed by atoms with Gasteiger partial charge < -0.3 is 23.7 Å². The molecule has 4 atom stereocenters. The van der Waals surface area contributed by atoms with Crippen molar-refractivity contribution in [3.05, 3.63) is 17.7 Å². The van der Waals surface area contributed by atoms with Crippen LogP contribution in [0.5, 0.6) is 0 Å². The lowest BCUT2D eigenvalue weighted by molar-refractivity contribution is -0.0491. The van der Waals surface area contributed by atoms with E-state index in [4.69, 9.17) is 30.2 Å². The molecule has 0 bridgehead atoms. The maximum absolute atomic E-state index is 12.1. The Bertz CT molecular complexity index is 1100. The van der Waals surface area contributed by atoms with E-state index in [-0.39, 0.29) is 26.5 Å². The lowest BCUT2D eigenvalue weighted by atomic mass is 10.1. The van der Waals surface area contributed by atoms with Gasteiger partial charge in [-0.1, -0.05) is 62.3 Å². The summed E-state index contributed by atoms with van der Waals surface area (Å²) in [5.74, 6) is 1.93. The third-order valence-corrected chi connectivity index (χ3v) is 23.1. The number of nitrogens with zero attached hydrogens (tertiary/aromatic N) is 2. The molecule has 0 aliphatic carbocycles. The minimum atomic E-state index is -2.32. The van der Waals surface area contributed by atoms with Crippen LogP contribution in [-0.4, -0.2) is 65.3 Å². The number of carbonyl (C=O) groups excluding carboxylic acids is 1. The lowest BCUT2D eigenvalue weighted by Gasteiger charge is -2.44. The zero-order valence-corrected chi connectivity index (χ0v) is 30.7. The average molecular weight is 610 g/mol. The van der Waals surface area contributed by atoms with Crippen LogP contribution in [0.2, 0.25) is 54.4 Å². The summed E-state index contributed by atoms with van der Waals surface area (Å²) in [6.45, 7) is 33.7. The summed E-state index contributed by atoms with van der Waals surface area (Å²) in [6, 6.07) is 0. The Kier molecular flexibility index (Phi) is 9.98. The fourth-order valence-corrected chi connectivity index (χ4v) is 7.37. The first-order valence-corrected chi connectivity index (χ1v) is 23.0. The topological polar surface area (TPSA) is 97.8 Å². The van der Waals surface area contributed by atoms with Gasteiger partial charge in [-0.3, -0.25) is 9.36 Å². The number of terminal acetylenes is 1. The number of hydrogen-bond donors (Lipinski definition) is 1. The van der Waals surface area contributed by atoms with Crippen LogP contribution in [-0.2, 0) is 18.0 Å². The number of carbonyl (C=O) groups is 1. The van der Waals surface area contributed by atoms with E-state index >= 15 is 0 Å². The number of aromatic nitrogens is 2. The summed E-state index contributed by atoms with van der Waals surface area (Å²) in [6.07, 6.45) is 5.44. The molecule has 0 saturated carbocycles. The van der Waals surface area contributed by atoms with E-state index in [9.17, 15) is 4.79 Å². The van der Waals surface area contributed by atoms with Crippen molar-refractivity contribution in [3.8, 4) is 12.3 Å². The second kappa shape index (κ2) is 11.4. The summed E-state index contributed by atoms with van der Waals surface area (Å²) in [5, 5.41) is -0.0537. The number of primary amides is 1. The summed E-state index contributed by atoms with van der Waals surface area (Å²) >= 11 is 0. The predicted molar refractivity (Wildman–Crippen MR) is 170 cm³/mol. The highest BCUT2D eigenvalue weighted by Gasteiger charge is 2.55. The predicted octanol–water partition coefficient (Wildman–Crippen LogP) is 6.66. The Labute approximate surface area is 246 Å². The SMILES string of the molecule is C#Cc1c(C(N)=O)ncn1[C@@H]1O[C@H](CO[Si](C)(C)C(C)(C)C)[C@@H](O[Si](C)(C)C(C)(C)C)[C@H]1O[Si](C)(C)C(C)(C)C. The summed E-state index contributed by atoms with van der Waals surface area (Å²) in [4.78, 5) is 16.4. The lowest BCUT2D eigenvalue weighted by Crippen LogP contribution is -2.54. The number of nitrogens with two attached hydrogens (primary N) is 1. The molecule has 1 aromatic heterocycles. The van der Waals surface area contributed by atoms with Gasteiger partial charge in [-0.2, -0.15) is 0 Å². The Morgan fingerprint density at radius 1 is 0.925 bits per heavy atom. The molecule has 0 radical (unpaired) electrons. The molecular weight excluding hydrogens is 555 g/mol. The van der Waals surface area contributed by atoms with Crippen LogP contribution < -0.4 is 5.73 Å². The molecule has 1 aliphatic rings. The Balaban J connectivity index is 2.71. The summed E-state index contributed by atoms with van der Waals surface area (Å²) < 4.78 is 29.5. The first-order valence-electron chi connectivity index (χ1n) is 14.3. The highest BCUT2D eigenvalue weighted by Crippen LogP contribution is 2.46. The van der Waals surface area contributed by atoms with Gasteiger partial charge in [0.25, 0.3) is 5.91 Å². The smallest absolute Gasteiger partial charge is 0.270 e. The molecule has 0 spiro atoms. The zero-order chi connectivity index (χ0) is 31.3. The van der Waals surface area contributed by atoms with Gasteiger partial charge in [0.1, 0.15) is 24.0 Å². The van der Waals surface area contributed by atoms with Crippen molar-refractivity contribution in [2.75, 3.05) is 6.61 Å². The van der Waals surface area contributed by atoms with E-state index in [0.29, 0.717) is 6.61 Å². The van der Waals surface area contributed by atoms with Crippen LogP contribution in [0.4, 0.5) is 0 Å². The van der Waals surface area contributed by atoms with Gasteiger partial charge in [-0.05, 0) is 60.3 Å². The van der Waals surface area contributed by atoms with Crippen LogP contribution in [0, 0.1) is 12.3 Å². The van der Waals surface area contributed by atoms with Crippen LogP contribution >= 0.6 is 0 Å². The third-order valence-electron chi connectivity index (χ3n) is 9.61. The first-order chi connectivity index (χ1) is 17.8. The van der Waals surface area contributed by atoms with Crippen molar-refractivity contribution in [1.29, 1.82) is 0 Å². The number of hydrogen-bond acceptors (Lipinski definition) is 6. The van der Waals surface area contributed by atoms with Crippen LogP contribution in [0.25, 0.3) is 0 Å². The molecule has 1 fully saturated rings. The minimum Gasteiger partial charge on any atom is -0.414 e. The van der Waals surface area contributed by atoms with Crippen molar-refractivity contribution >= 4 is 30.9 Å². The monoisotopic (exact) mass is 609 g/mol. The number of ether oxygens (including phenoxy) is 1. The highest BCUT2D eigenvalue weighted by atomic mass is 28.4. The molecule has 1 aromatic rings. The standard InChI is InChI=1S/C29H55N3O5Si3/c1-17-20-22(25(30)33)31-19-32(20)26-24(37-40(15,16)29(8,9)10)23(36-39(13,14)28(5,6)7)21(35-26)18-34-38(11,12)27(2,3)4/h1,19,21,23-24,26H,18H2,2-16H3,(H2,30,33)/t21-,23-,24-,26-/m1/s1.